The predicted octanol–water partition coefficient (Wildman–Crippen LogP) is 4.49. The first-order valence-corrected chi connectivity index (χ1v) is 6.32. The SMILES string of the molecule is C=C(CC(C)(C)C)NCc1ccc(Br)cc1. The molecule has 0 atom stereocenters. The molecule has 0 amide bonds. The third-order valence-corrected chi connectivity index (χ3v) is 2.73. The van der Waals surface area contributed by atoms with Crippen molar-refractivity contribution in [3.63, 3.8) is 0 Å². The van der Waals surface area contributed by atoms with E-state index >= 15 is 0 Å². The molecule has 0 saturated heterocycles. The highest BCUT2D eigenvalue weighted by Crippen LogP contribution is 2.21. The monoisotopic (exact) mass is 281 g/mol. The molecule has 0 bridgehead atoms. The second-order valence-corrected chi connectivity index (χ2v) is 6.24. The van der Waals surface area contributed by atoms with Gasteiger partial charge in [0.05, 0.1) is 0 Å². The fourth-order valence-corrected chi connectivity index (χ4v) is 1.80. The topological polar surface area (TPSA) is 12.0 Å². The summed E-state index contributed by atoms with van der Waals surface area (Å²) in [5.74, 6) is 0. The fourth-order valence-electron chi connectivity index (χ4n) is 1.53. The number of nitrogens with one attached hydrogen (secondary N) is 1. The van der Waals surface area contributed by atoms with Crippen LogP contribution in [0.4, 0.5) is 0 Å². The summed E-state index contributed by atoms with van der Waals surface area (Å²) in [5, 5.41) is 3.37. The molecule has 1 rings (SSSR count). The Balaban J connectivity index is 2.40. The summed E-state index contributed by atoms with van der Waals surface area (Å²) < 4.78 is 1.12. The molecule has 2 heteroatoms. The average Bonchev–Trinajstić information content (AvgIpc) is 2.14. The Morgan fingerprint density at radius 2 is 1.81 bits per heavy atom. The molecule has 1 N–H and O–H groups in total. The Labute approximate surface area is 107 Å². The summed E-state index contributed by atoms with van der Waals surface area (Å²) in [7, 11) is 0. The third kappa shape index (κ3) is 5.36. The second kappa shape index (κ2) is 5.53. The minimum absolute atomic E-state index is 0.295. The van der Waals surface area contributed by atoms with Crippen LogP contribution < -0.4 is 5.32 Å². The van der Waals surface area contributed by atoms with E-state index in [9.17, 15) is 0 Å². The van der Waals surface area contributed by atoms with E-state index in [2.05, 4.69) is 72.9 Å². The molecule has 0 aliphatic heterocycles. The van der Waals surface area contributed by atoms with Gasteiger partial charge < -0.3 is 5.32 Å². The minimum atomic E-state index is 0.295. The van der Waals surface area contributed by atoms with Gasteiger partial charge in [0.2, 0.25) is 0 Å². The quantitative estimate of drug-likeness (QED) is 0.858. The molecule has 0 unspecified atom stereocenters. The summed E-state index contributed by atoms with van der Waals surface area (Å²) in [6.45, 7) is 11.6. The molecule has 0 spiro atoms. The highest BCUT2D eigenvalue weighted by atomic mass is 79.9. The van der Waals surface area contributed by atoms with Crippen molar-refractivity contribution in [3.8, 4) is 0 Å². The first-order valence-electron chi connectivity index (χ1n) is 5.53. The lowest BCUT2D eigenvalue weighted by atomic mass is 9.91. The van der Waals surface area contributed by atoms with Crippen LogP contribution in [-0.4, -0.2) is 0 Å². The van der Waals surface area contributed by atoms with Crippen LogP contribution in [0.3, 0.4) is 0 Å². The minimum Gasteiger partial charge on any atom is -0.385 e. The van der Waals surface area contributed by atoms with Crippen LogP contribution in [0.15, 0.2) is 41.0 Å². The van der Waals surface area contributed by atoms with Crippen LogP contribution >= 0.6 is 15.9 Å². The van der Waals surface area contributed by atoms with Gasteiger partial charge >= 0.3 is 0 Å². The van der Waals surface area contributed by atoms with Gasteiger partial charge in [0, 0.05) is 16.7 Å². The third-order valence-electron chi connectivity index (χ3n) is 2.20. The molecule has 0 aliphatic rings. The van der Waals surface area contributed by atoms with E-state index in [1.54, 1.807) is 0 Å². The maximum Gasteiger partial charge on any atom is 0.0397 e. The maximum atomic E-state index is 4.05. The van der Waals surface area contributed by atoms with Gasteiger partial charge in [-0.05, 0) is 29.5 Å². The zero-order chi connectivity index (χ0) is 12.2. The Bertz CT molecular complexity index is 346. The van der Waals surface area contributed by atoms with Crippen molar-refractivity contribution in [1.82, 2.24) is 5.32 Å². The van der Waals surface area contributed by atoms with Gasteiger partial charge in [0.1, 0.15) is 0 Å². The van der Waals surface area contributed by atoms with Crippen LogP contribution in [0.25, 0.3) is 0 Å². The van der Waals surface area contributed by atoms with Crippen molar-refractivity contribution < 1.29 is 0 Å². The summed E-state index contributed by atoms with van der Waals surface area (Å²) in [5.41, 5.74) is 2.68. The van der Waals surface area contributed by atoms with Gasteiger partial charge in [0.25, 0.3) is 0 Å². The first kappa shape index (κ1) is 13.3. The highest BCUT2D eigenvalue weighted by Gasteiger charge is 2.11. The number of benzene rings is 1. The summed E-state index contributed by atoms with van der Waals surface area (Å²) in [4.78, 5) is 0. The van der Waals surface area contributed by atoms with Gasteiger partial charge in [-0.2, -0.15) is 0 Å². The normalized spacial score (nSPS) is 11.2. The molecule has 0 fully saturated rings. The first-order chi connectivity index (χ1) is 7.37. The molecular weight excluding hydrogens is 262 g/mol. The van der Waals surface area contributed by atoms with Gasteiger partial charge in [-0.25, -0.2) is 0 Å². The molecule has 0 radical (unpaired) electrons. The molecule has 1 nitrogen and oxygen atoms in total. The van der Waals surface area contributed by atoms with Crippen molar-refractivity contribution >= 4 is 15.9 Å². The second-order valence-electron chi connectivity index (χ2n) is 5.32. The van der Waals surface area contributed by atoms with Crippen molar-refractivity contribution in [2.24, 2.45) is 5.41 Å². The zero-order valence-electron chi connectivity index (χ0n) is 10.3. The van der Waals surface area contributed by atoms with Crippen LogP contribution in [0.2, 0.25) is 0 Å². The maximum absolute atomic E-state index is 4.05. The number of hydrogen-bond donors (Lipinski definition) is 1. The van der Waals surface area contributed by atoms with Crippen molar-refractivity contribution in [2.75, 3.05) is 0 Å². The summed E-state index contributed by atoms with van der Waals surface area (Å²) in [6, 6.07) is 8.34. The lowest BCUT2D eigenvalue weighted by Gasteiger charge is -2.20. The van der Waals surface area contributed by atoms with E-state index in [0.717, 1.165) is 23.1 Å². The van der Waals surface area contributed by atoms with Gasteiger partial charge in [0.15, 0.2) is 0 Å². The van der Waals surface area contributed by atoms with Gasteiger partial charge in [-0.15, -0.1) is 0 Å². The van der Waals surface area contributed by atoms with E-state index in [-0.39, 0.29) is 0 Å². The summed E-state index contributed by atoms with van der Waals surface area (Å²) in [6.07, 6.45) is 1.00. The lowest BCUT2D eigenvalue weighted by molar-refractivity contribution is 0.398. The Morgan fingerprint density at radius 1 is 1.25 bits per heavy atom. The highest BCUT2D eigenvalue weighted by molar-refractivity contribution is 9.10. The van der Waals surface area contributed by atoms with Crippen molar-refractivity contribution in [1.29, 1.82) is 0 Å². The molecule has 1 aromatic carbocycles. The average molecular weight is 282 g/mol. The van der Waals surface area contributed by atoms with Crippen molar-refractivity contribution in [2.45, 2.75) is 33.7 Å². The van der Waals surface area contributed by atoms with E-state index in [1.807, 2.05) is 0 Å². The van der Waals surface area contributed by atoms with Crippen LogP contribution in [0.1, 0.15) is 32.8 Å². The number of hydrogen-bond acceptors (Lipinski definition) is 1. The van der Waals surface area contributed by atoms with Crippen molar-refractivity contribution in [3.05, 3.63) is 46.6 Å². The molecule has 1 aromatic rings. The Morgan fingerprint density at radius 3 is 2.31 bits per heavy atom. The van der Waals surface area contributed by atoms with E-state index in [1.165, 1.54) is 5.56 Å². The smallest absolute Gasteiger partial charge is 0.0397 e. The van der Waals surface area contributed by atoms with Gasteiger partial charge in [-0.1, -0.05) is 55.4 Å². The van der Waals surface area contributed by atoms with E-state index in [4.69, 9.17) is 0 Å². The standard InChI is InChI=1S/C14H20BrN/c1-11(9-14(2,3)4)16-10-12-5-7-13(15)8-6-12/h5-8,16H,1,9-10H2,2-4H3. The van der Waals surface area contributed by atoms with Crippen LogP contribution in [0, 0.1) is 5.41 Å². The van der Waals surface area contributed by atoms with Gasteiger partial charge in [-0.3, -0.25) is 0 Å². The molecule has 0 heterocycles. The van der Waals surface area contributed by atoms with E-state index < -0.39 is 0 Å². The number of allylic oxidation sites excluding steroid dienone is 1. The molecule has 0 aliphatic carbocycles. The summed E-state index contributed by atoms with van der Waals surface area (Å²) >= 11 is 3.43. The largest absolute Gasteiger partial charge is 0.385 e. The van der Waals surface area contributed by atoms with Crippen LogP contribution in [0.5, 0.6) is 0 Å². The molecular formula is C14H20BrN. The number of halogens is 1. The number of rotatable bonds is 4. The molecule has 0 saturated carbocycles. The lowest BCUT2D eigenvalue weighted by Crippen LogP contribution is -2.17. The fraction of sp³-hybridized carbons (Fsp3) is 0.429. The Hall–Kier alpha value is -0.760. The zero-order valence-corrected chi connectivity index (χ0v) is 11.9. The van der Waals surface area contributed by atoms with E-state index in [0.29, 0.717) is 5.41 Å². The molecule has 0 aromatic heterocycles. The predicted molar refractivity (Wildman–Crippen MR) is 74.2 cm³/mol. The van der Waals surface area contributed by atoms with Crippen LogP contribution in [-0.2, 0) is 6.54 Å². The molecule has 16 heavy (non-hydrogen) atoms. The Kier molecular flexibility index (Phi) is 4.60. The molecule has 88 valence electrons.